The number of likely N-dealkylation sites (N-methyl/N-ethyl adjacent to an activating group) is 1. The Morgan fingerprint density at radius 2 is 1.00 bits per heavy atom. The van der Waals surface area contributed by atoms with Gasteiger partial charge < -0.3 is 28.5 Å². The van der Waals surface area contributed by atoms with Crippen LogP contribution in [0.2, 0.25) is 0 Å². The van der Waals surface area contributed by atoms with Gasteiger partial charge >= 0.3 is 17.9 Å². The van der Waals surface area contributed by atoms with Crippen LogP contribution in [0, 0.1) is 0 Å². The Bertz CT molecular complexity index is 856. The standard InChI is InChI=1S/C42H79NO8/c1-6-8-10-12-13-14-15-16-17-18-19-20-21-22-23-24-25-26-27-29-31-33-40(45)51-38(36-49-39(44)32-30-28-11-9-7-2)37-50-42(41(46)47)48-35-34-43(3,4)5/h18-19,38,42H,6-17,20-37H2,1-5H3/p+1/b19-18-. The van der Waals surface area contributed by atoms with E-state index in [0.717, 1.165) is 51.4 Å². The number of esters is 2. The zero-order valence-electron chi connectivity index (χ0n) is 33.8. The normalized spacial score (nSPS) is 13.0. The molecular weight excluding hydrogens is 646 g/mol. The van der Waals surface area contributed by atoms with Crippen LogP contribution in [0.5, 0.6) is 0 Å². The Balaban J connectivity index is 4.23. The summed E-state index contributed by atoms with van der Waals surface area (Å²) in [7, 11) is 5.94. The molecule has 0 aliphatic carbocycles. The minimum Gasteiger partial charge on any atom is -0.477 e. The summed E-state index contributed by atoms with van der Waals surface area (Å²) >= 11 is 0. The Labute approximate surface area is 313 Å². The van der Waals surface area contributed by atoms with Crippen LogP contribution in [0.4, 0.5) is 0 Å². The van der Waals surface area contributed by atoms with Crippen molar-refractivity contribution in [3.8, 4) is 0 Å². The zero-order valence-corrected chi connectivity index (χ0v) is 33.8. The van der Waals surface area contributed by atoms with Gasteiger partial charge in [-0.3, -0.25) is 9.59 Å². The lowest BCUT2D eigenvalue weighted by atomic mass is 10.1. The molecule has 0 bridgehead atoms. The van der Waals surface area contributed by atoms with Gasteiger partial charge in [-0.25, -0.2) is 4.79 Å². The number of carboxylic acid groups (broad SMARTS) is 1. The maximum atomic E-state index is 12.7. The quantitative estimate of drug-likeness (QED) is 0.0220. The maximum absolute atomic E-state index is 12.7. The molecule has 51 heavy (non-hydrogen) atoms. The lowest BCUT2D eigenvalue weighted by Gasteiger charge is -2.25. The first-order chi connectivity index (χ1) is 24.6. The van der Waals surface area contributed by atoms with Crippen LogP contribution in [0.3, 0.4) is 0 Å². The van der Waals surface area contributed by atoms with Gasteiger partial charge in [0.15, 0.2) is 6.10 Å². The number of hydrogen-bond acceptors (Lipinski definition) is 7. The van der Waals surface area contributed by atoms with Gasteiger partial charge in [-0.15, -0.1) is 0 Å². The number of carboxylic acids is 1. The second kappa shape index (κ2) is 35.1. The third-order valence-corrected chi connectivity index (χ3v) is 9.02. The number of carbonyl (C=O) groups is 3. The molecule has 0 aliphatic heterocycles. The predicted octanol–water partition coefficient (Wildman–Crippen LogP) is 10.3. The summed E-state index contributed by atoms with van der Waals surface area (Å²) in [6.45, 7) is 4.77. The summed E-state index contributed by atoms with van der Waals surface area (Å²) in [6, 6.07) is 0. The van der Waals surface area contributed by atoms with Crippen LogP contribution in [-0.2, 0) is 33.3 Å². The minimum absolute atomic E-state index is 0.180. The van der Waals surface area contributed by atoms with Crippen molar-refractivity contribution < 1.29 is 42.9 Å². The fourth-order valence-electron chi connectivity index (χ4n) is 5.71. The summed E-state index contributed by atoms with van der Waals surface area (Å²) in [4.78, 5) is 36.7. The molecule has 0 saturated heterocycles. The fraction of sp³-hybridized carbons (Fsp3) is 0.881. The molecule has 0 radical (unpaired) electrons. The number of rotatable bonds is 38. The molecule has 2 atom stereocenters. The fourth-order valence-corrected chi connectivity index (χ4v) is 5.71. The number of unbranched alkanes of at least 4 members (excludes halogenated alkanes) is 21. The monoisotopic (exact) mass is 727 g/mol. The number of nitrogens with zero attached hydrogens (tertiary/aromatic N) is 1. The molecule has 0 heterocycles. The molecule has 0 fully saturated rings. The molecule has 0 aromatic heterocycles. The van der Waals surface area contributed by atoms with Crippen LogP contribution in [0.25, 0.3) is 0 Å². The van der Waals surface area contributed by atoms with E-state index in [0.29, 0.717) is 17.4 Å². The van der Waals surface area contributed by atoms with Crippen LogP contribution >= 0.6 is 0 Å². The van der Waals surface area contributed by atoms with Crippen LogP contribution in [0.1, 0.15) is 181 Å². The highest BCUT2D eigenvalue weighted by atomic mass is 16.7. The molecule has 300 valence electrons. The number of allylic oxidation sites excluding steroid dienone is 2. The zero-order chi connectivity index (χ0) is 37.8. The molecule has 0 aromatic carbocycles. The van der Waals surface area contributed by atoms with E-state index in [1.807, 2.05) is 21.1 Å². The van der Waals surface area contributed by atoms with Gasteiger partial charge in [-0.05, 0) is 38.5 Å². The van der Waals surface area contributed by atoms with Crippen LogP contribution < -0.4 is 0 Å². The molecule has 0 aliphatic rings. The molecule has 9 nitrogen and oxygen atoms in total. The smallest absolute Gasteiger partial charge is 0.361 e. The lowest BCUT2D eigenvalue weighted by molar-refractivity contribution is -0.870. The Hall–Kier alpha value is -1.97. The largest absolute Gasteiger partial charge is 0.477 e. The molecule has 9 heteroatoms. The first kappa shape index (κ1) is 49.0. The van der Waals surface area contributed by atoms with Gasteiger partial charge in [0, 0.05) is 12.8 Å². The summed E-state index contributed by atoms with van der Waals surface area (Å²) in [5, 5.41) is 9.56. The number of aliphatic carboxylic acids is 1. The third kappa shape index (κ3) is 36.2. The van der Waals surface area contributed by atoms with Gasteiger partial charge in [0.25, 0.3) is 6.29 Å². The van der Waals surface area contributed by atoms with E-state index < -0.39 is 24.3 Å². The van der Waals surface area contributed by atoms with Gasteiger partial charge in [-0.1, -0.05) is 142 Å². The van der Waals surface area contributed by atoms with Crippen molar-refractivity contribution in [3.63, 3.8) is 0 Å². The van der Waals surface area contributed by atoms with E-state index in [-0.39, 0.29) is 32.2 Å². The second-order valence-electron chi connectivity index (χ2n) is 15.3. The maximum Gasteiger partial charge on any atom is 0.361 e. The van der Waals surface area contributed by atoms with E-state index >= 15 is 0 Å². The van der Waals surface area contributed by atoms with E-state index in [9.17, 15) is 19.5 Å². The first-order valence-electron chi connectivity index (χ1n) is 20.9. The Morgan fingerprint density at radius 1 is 0.569 bits per heavy atom. The van der Waals surface area contributed by atoms with Crippen molar-refractivity contribution in [3.05, 3.63) is 12.2 Å². The van der Waals surface area contributed by atoms with Gasteiger partial charge in [0.05, 0.1) is 34.4 Å². The lowest BCUT2D eigenvalue weighted by Crippen LogP contribution is -2.40. The summed E-state index contributed by atoms with van der Waals surface area (Å²) in [6.07, 6.45) is 31.7. The number of hydrogen-bond donors (Lipinski definition) is 1. The van der Waals surface area contributed by atoms with E-state index in [1.165, 1.54) is 103 Å². The van der Waals surface area contributed by atoms with E-state index in [4.69, 9.17) is 18.9 Å². The van der Waals surface area contributed by atoms with Crippen molar-refractivity contribution in [2.45, 2.75) is 193 Å². The molecule has 0 aromatic rings. The highest BCUT2D eigenvalue weighted by Gasteiger charge is 2.25. The van der Waals surface area contributed by atoms with Gasteiger partial charge in [0.1, 0.15) is 13.2 Å². The van der Waals surface area contributed by atoms with Crippen molar-refractivity contribution in [1.82, 2.24) is 0 Å². The molecule has 0 rings (SSSR count). The number of ether oxygens (including phenoxy) is 4. The molecule has 1 N–H and O–H groups in total. The van der Waals surface area contributed by atoms with Crippen LogP contribution in [0.15, 0.2) is 12.2 Å². The van der Waals surface area contributed by atoms with Gasteiger partial charge in [0.2, 0.25) is 0 Å². The topological polar surface area (TPSA) is 108 Å². The molecule has 0 spiro atoms. The average Bonchev–Trinajstić information content (AvgIpc) is 3.08. The number of carbonyl (C=O) groups excluding carboxylic acids is 2. The Kier molecular flexibility index (Phi) is 33.7. The van der Waals surface area contributed by atoms with Crippen LogP contribution in [-0.4, -0.2) is 87.4 Å². The van der Waals surface area contributed by atoms with E-state index in [2.05, 4.69) is 26.0 Å². The van der Waals surface area contributed by atoms with Crippen molar-refractivity contribution in [1.29, 1.82) is 0 Å². The Morgan fingerprint density at radius 3 is 1.45 bits per heavy atom. The molecule has 0 saturated carbocycles. The summed E-state index contributed by atoms with van der Waals surface area (Å²) in [5.74, 6) is -2.02. The minimum atomic E-state index is -1.50. The van der Waals surface area contributed by atoms with Crippen molar-refractivity contribution >= 4 is 17.9 Å². The number of quaternary nitrogens is 1. The van der Waals surface area contributed by atoms with Crippen molar-refractivity contribution in [2.24, 2.45) is 0 Å². The third-order valence-electron chi connectivity index (χ3n) is 9.02. The summed E-state index contributed by atoms with van der Waals surface area (Å²) in [5.41, 5.74) is 0. The molecular formula is C42H80NO8+. The highest BCUT2D eigenvalue weighted by Crippen LogP contribution is 2.14. The second-order valence-corrected chi connectivity index (χ2v) is 15.3. The molecule has 2 unspecified atom stereocenters. The van der Waals surface area contributed by atoms with E-state index in [1.54, 1.807) is 0 Å². The SMILES string of the molecule is CCCCCCCCCC/C=C\CCCCCCCCCCCC(=O)OC(COC(=O)CCCCCCC)COC(OCC[N+](C)(C)C)C(=O)O. The molecule has 0 amide bonds. The predicted molar refractivity (Wildman–Crippen MR) is 208 cm³/mol. The van der Waals surface area contributed by atoms with Crippen molar-refractivity contribution in [2.75, 3.05) is 47.5 Å². The summed E-state index contributed by atoms with van der Waals surface area (Å²) < 4.78 is 22.5. The highest BCUT2D eigenvalue weighted by molar-refractivity contribution is 5.71. The average molecular weight is 727 g/mol. The first-order valence-corrected chi connectivity index (χ1v) is 20.9. The van der Waals surface area contributed by atoms with Gasteiger partial charge in [-0.2, -0.15) is 0 Å².